The molecule has 0 bridgehead atoms. The molecule has 2 heterocycles. The number of anilines is 1. The van der Waals surface area contributed by atoms with Gasteiger partial charge in [0.2, 0.25) is 5.91 Å². The van der Waals surface area contributed by atoms with Crippen molar-refractivity contribution in [2.24, 2.45) is 10.9 Å². The minimum atomic E-state index is -0.646. The molecule has 7 nitrogen and oxygen atoms in total. The van der Waals surface area contributed by atoms with Crippen molar-refractivity contribution in [1.82, 2.24) is 4.90 Å². The summed E-state index contributed by atoms with van der Waals surface area (Å²) in [6.07, 6.45) is 3.26. The standard InChI is InChI=1S/C17H16N4O3S/c1-20-15-14(16(23)21(2)17(20)24)12(8-9-18-15)25-10-13(22)19-11-6-4-3-5-7-11/h3-9,14H,10H2,1-2H3/p+1. The Morgan fingerprint density at radius 1 is 1.32 bits per heavy atom. The van der Waals surface area contributed by atoms with Gasteiger partial charge >= 0.3 is 11.9 Å². The van der Waals surface area contributed by atoms with Crippen LogP contribution >= 0.6 is 11.8 Å². The van der Waals surface area contributed by atoms with Gasteiger partial charge in [0.15, 0.2) is 5.92 Å². The van der Waals surface area contributed by atoms with Crippen molar-refractivity contribution in [1.29, 1.82) is 0 Å². The molecule has 0 spiro atoms. The first-order valence-electron chi connectivity index (χ1n) is 7.63. The van der Waals surface area contributed by atoms with Crippen molar-refractivity contribution in [3.63, 3.8) is 0 Å². The molecule has 0 radical (unpaired) electrons. The average molecular weight is 357 g/mol. The molecule has 1 N–H and O–H groups in total. The first-order chi connectivity index (χ1) is 12.0. The van der Waals surface area contributed by atoms with E-state index < -0.39 is 11.9 Å². The van der Waals surface area contributed by atoms with E-state index >= 15 is 0 Å². The van der Waals surface area contributed by atoms with E-state index in [0.29, 0.717) is 10.7 Å². The van der Waals surface area contributed by atoms with Crippen LogP contribution in [-0.4, -0.2) is 59.2 Å². The molecule has 0 saturated carbocycles. The summed E-state index contributed by atoms with van der Waals surface area (Å²) in [5.74, 6) is -0.597. The number of amides is 4. The van der Waals surface area contributed by atoms with E-state index in [1.165, 1.54) is 23.4 Å². The normalized spacial score (nSPS) is 19.7. The monoisotopic (exact) mass is 357 g/mol. The Morgan fingerprint density at radius 2 is 2.04 bits per heavy atom. The number of aliphatic imine (C=N–C) groups is 1. The highest BCUT2D eigenvalue weighted by Gasteiger charge is 2.47. The summed E-state index contributed by atoms with van der Waals surface area (Å²) in [5.41, 5.74) is 0.721. The molecule has 0 aliphatic carbocycles. The predicted molar refractivity (Wildman–Crippen MR) is 97.0 cm³/mol. The van der Waals surface area contributed by atoms with Crippen LogP contribution in [0.1, 0.15) is 0 Å². The van der Waals surface area contributed by atoms with Gasteiger partial charge in [-0.2, -0.15) is 9.48 Å². The lowest BCUT2D eigenvalue weighted by Crippen LogP contribution is -2.52. The summed E-state index contributed by atoms with van der Waals surface area (Å²) in [5, 5.41) is 2.80. The zero-order chi connectivity index (χ0) is 18.0. The number of amidine groups is 1. The zero-order valence-electron chi connectivity index (χ0n) is 13.8. The van der Waals surface area contributed by atoms with E-state index in [1.807, 2.05) is 18.2 Å². The topological polar surface area (TPSA) is 81.8 Å². The smallest absolute Gasteiger partial charge is 0.325 e. The van der Waals surface area contributed by atoms with Crippen molar-refractivity contribution in [2.75, 3.05) is 25.2 Å². The second-order valence-corrected chi connectivity index (χ2v) is 6.63. The van der Waals surface area contributed by atoms with E-state index in [4.69, 9.17) is 0 Å². The Bertz CT molecular complexity index is 830. The number of thioether (sulfide) groups is 1. The number of carbonyl (C=O) groups is 3. The van der Waals surface area contributed by atoms with Gasteiger partial charge in [0, 0.05) is 10.6 Å². The molecule has 0 fully saturated rings. The Balaban J connectivity index is 1.72. The van der Waals surface area contributed by atoms with Crippen LogP contribution in [-0.2, 0) is 9.59 Å². The van der Waals surface area contributed by atoms with E-state index in [0.717, 1.165) is 10.6 Å². The van der Waals surface area contributed by atoms with Crippen molar-refractivity contribution in [3.05, 3.63) is 41.3 Å². The van der Waals surface area contributed by atoms with Gasteiger partial charge in [-0.05, 0) is 18.2 Å². The van der Waals surface area contributed by atoms with Gasteiger partial charge in [0.25, 0.3) is 5.84 Å². The molecule has 1 atom stereocenters. The number of fused-ring (bicyclic) bond motifs is 1. The maximum Gasteiger partial charge on any atom is 0.445 e. The summed E-state index contributed by atoms with van der Waals surface area (Å²) in [7, 11) is 3.03. The number of rotatable bonds is 4. The third-order valence-electron chi connectivity index (χ3n) is 3.91. The van der Waals surface area contributed by atoms with Crippen LogP contribution in [0.4, 0.5) is 10.5 Å². The highest BCUT2D eigenvalue weighted by atomic mass is 32.2. The number of hydrogen-bond acceptors (Lipinski definition) is 5. The highest BCUT2D eigenvalue weighted by molar-refractivity contribution is 8.03. The number of urea groups is 1. The lowest BCUT2D eigenvalue weighted by Gasteiger charge is -2.26. The van der Waals surface area contributed by atoms with Crippen LogP contribution in [0.15, 0.2) is 46.3 Å². The Kier molecular flexibility index (Phi) is 4.80. The molecular weight excluding hydrogens is 340 g/mol. The second-order valence-electron chi connectivity index (χ2n) is 5.58. The maximum atomic E-state index is 12.5. The van der Waals surface area contributed by atoms with E-state index in [1.54, 1.807) is 31.5 Å². The number of dihydropyridines is 1. The first-order valence-corrected chi connectivity index (χ1v) is 8.61. The lowest BCUT2D eigenvalue weighted by molar-refractivity contribution is -0.407. The van der Waals surface area contributed by atoms with Crippen LogP contribution in [0.2, 0.25) is 0 Å². The largest absolute Gasteiger partial charge is 0.445 e. The second kappa shape index (κ2) is 7.02. The number of imide groups is 1. The average Bonchev–Trinajstić information content (AvgIpc) is 2.63. The van der Waals surface area contributed by atoms with Crippen molar-refractivity contribution in [2.45, 2.75) is 0 Å². The van der Waals surface area contributed by atoms with E-state index in [-0.39, 0.29) is 17.6 Å². The molecule has 128 valence electrons. The van der Waals surface area contributed by atoms with Crippen LogP contribution in [0.25, 0.3) is 0 Å². The molecule has 4 amide bonds. The van der Waals surface area contributed by atoms with Crippen LogP contribution < -0.4 is 5.32 Å². The molecule has 1 unspecified atom stereocenters. The number of nitrogens with zero attached hydrogens (tertiary/aromatic N) is 3. The third kappa shape index (κ3) is 3.39. The van der Waals surface area contributed by atoms with Gasteiger partial charge in [-0.3, -0.25) is 9.59 Å². The fourth-order valence-corrected chi connectivity index (χ4v) is 3.51. The van der Waals surface area contributed by atoms with Crippen molar-refractivity contribution >= 4 is 47.3 Å². The Morgan fingerprint density at radius 3 is 2.76 bits per heavy atom. The number of hydrogen-bond donors (Lipinski definition) is 1. The summed E-state index contributed by atoms with van der Waals surface area (Å²) in [6, 6.07) is 8.75. The first kappa shape index (κ1) is 17.1. The minimum Gasteiger partial charge on any atom is -0.325 e. The molecule has 1 aromatic carbocycles. The fraction of sp³-hybridized carbons (Fsp3) is 0.235. The van der Waals surface area contributed by atoms with Gasteiger partial charge in [0.1, 0.15) is 6.21 Å². The summed E-state index contributed by atoms with van der Waals surface area (Å²) in [6.45, 7) is 0. The van der Waals surface area contributed by atoms with Crippen LogP contribution in [0.5, 0.6) is 0 Å². The predicted octanol–water partition coefficient (Wildman–Crippen LogP) is 1.58. The summed E-state index contributed by atoms with van der Waals surface area (Å²) < 4.78 is 1.36. The molecule has 8 heteroatoms. The number of allylic oxidation sites excluding steroid dienone is 1. The maximum absolute atomic E-state index is 12.5. The van der Waals surface area contributed by atoms with Gasteiger partial charge in [-0.15, -0.1) is 16.8 Å². The zero-order valence-corrected chi connectivity index (χ0v) is 14.6. The quantitative estimate of drug-likeness (QED) is 0.830. The van der Waals surface area contributed by atoms with Crippen molar-refractivity contribution in [3.8, 4) is 0 Å². The van der Waals surface area contributed by atoms with Gasteiger partial charge in [-0.25, -0.2) is 4.79 Å². The van der Waals surface area contributed by atoms with Crippen LogP contribution in [0.3, 0.4) is 0 Å². The van der Waals surface area contributed by atoms with Gasteiger partial charge < -0.3 is 5.32 Å². The molecule has 0 aromatic heterocycles. The molecule has 3 rings (SSSR count). The Labute approximate surface area is 149 Å². The molecule has 2 aliphatic rings. The molecule has 2 aliphatic heterocycles. The molecular formula is C17H17N4O3S+. The highest BCUT2D eigenvalue weighted by Crippen LogP contribution is 2.31. The van der Waals surface area contributed by atoms with Crippen molar-refractivity contribution < 1.29 is 19.0 Å². The molecule has 25 heavy (non-hydrogen) atoms. The number of carbonyl (C=O) groups excluding carboxylic acids is 3. The number of nitrogens with one attached hydrogen (secondary N) is 1. The van der Waals surface area contributed by atoms with Crippen LogP contribution in [0, 0.1) is 5.92 Å². The lowest BCUT2D eigenvalue weighted by atomic mass is 10.0. The number of para-hydroxylation sites is 1. The summed E-state index contributed by atoms with van der Waals surface area (Å²) in [4.78, 5) is 42.6. The Hall–Kier alpha value is -2.74. The number of benzene rings is 1. The fourth-order valence-electron chi connectivity index (χ4n) is 2.61. The SMILES string of the molecule is CN1C(=O)C2C(SCC(=O)Nc3ccccc3)=CC=NC2=[N+](C)C1=O. The molecule has 0 saturated heterocycles. The third-order valence-corrected chi connectivity index (χ3v) is 5.02. The molecule has 1 aromatic rings. The minimum absolute atomic E-state index is 0.160. The van der Waals surface area contributed by atoms with E-state index in [2.05, 4.69) is 10.3 Å². The van der Waals surface area contributed by atoms with Gasteiger partial charge in [-0.1, -0.05) is 18.2 Å². The van der Waals surface area contributed by atoms with Gasteiger partial charge in [0.05, 0.1) is 19.8 Å². The summed E-state index contributed by atoms with van der Waals surface area (Å²) >= 11 is 1.27. The van der Waals surface area contributed by atoms with E-state index in [9.17, 15) is 14.4 Å².